The Morgan fingerprint density at radius 3 is 2.83 bits per heavy atom. The van der Waals surface area contributed by atoms with Gasteiger partial charge in [-0.25, -0.2) is 0 Å². The maximum Gasteiger partial charge on any atom is 0.151 e. The number of rotatable bonds is 6. The number of pyridine rings is 2. The summed E-state index contributed by atoms with van der Waals surface area (Å²) in [4.78, 5) is 10.7. The van der Waals surface area contributed by atoms with Crippen molar-refractivity contribution in [1.29, 1.82) is 0 Å². The van der Waals surface area contributed by atoms with Crippen LogP contribution in [-0.4, -0.2) is 33.1 Å². The predicted molar refractivity (Wildman–Crippen MR) is 88.6 cm³/mol. The third kappa shape index (κ3) is 4.02. The second-order valence-corrected chi connectivity index (χ2v) is 5.71. The van der Waals surface area contributed by atoms with Crippen molar-refractivity contribution in [3.8, 4) is 11.3 Å². The van der Waals surface area contributed by atoms with Gasteiger partial charge in [-0.3, -0.25) is 14.9 Å². The third-order valence-electron chi connectivity index (χ3n) is 3.90. The van der Waals surface area contributed by atoms with Gasteiger partial charge in [0.15, 0.2) is 5.76 Å². The number of nitrogens with zero attached hydrogens (tertiary/aromatic N) is 4. The van der Waals surface area contributed by atoms with Crippen LogP contribution in [0.25, 0.3) is 11.3 Å². The molecule has 0 aliphatic heterocycles. The molecule has 3 aromatic heterocycles. The lowest BCUT2D eigenvalue weighted by atomic mass is 10.1. The van der Waals surface area contributed by atoms with Crippen molar-refractivity contribution in [1.82, 2.24) is 20.0 Å². The highest BCUT2D eigenvalue weighted by atomic mass is 16.5. The minimum Gasteiger partial charge on any atom is -0.359 e. The molecule has 0 unspecified atom stereocenters. The van der Waals surface area contributed by atoms with E-state index in [2.05, 4.69) is 40.1 Å². The molecule has 0 bridgehead atoms. The van der Waals surface area contributed by atoms with Crippen LogP contribution < -0.4 is 0 Å². The molecule has 0 spiro atoms. The molecular formula is C18H20N4O. The maximum absolute atomic E-state index is 5.46. The van der Waals surface area contributed by atoms with E-state index in [1.807, 2.05) is 36.5 Å². The molecule has 23 heavy (non-hydrogen) atoms. The van der Waals surface area contributed by atoms with E-state index in [0.29, 0.717) is 12.6 Å². The van der Waals surface area contributed by atoms with Gasteiger partial charge in [-0.1, -0.05) is 11.2 Å². The SMILES string of the molecule is C[C@H](Cc1ccccn1)N(C)Cc1cc(-c2cccnc2)no1. The summed E-state index contributed by atoms with van der Waals surface area (Å²) in [5.74, 6) is 0.847. The number of hydrogen-bond donors (Lipinski definition) is 0. The molecule has 3 rings (SSSR count). The first-order chi connectivity index (χ1) is 11.2. The van der Waals surface area contributed by atoms with E-state index in [0.717, 1.165) is 29.1 Å². The Kier molecular flexibility index (Phi) is 4.78. The lowest BCUT2D eigenvalue weighted by Crippen LogP contribution is -2.30. The monoisotopic (exact) mass is 308 g/mol. The Bertz CT molecular complexity index is 727. The molecular weight excluding hydrogens is 288 g/mol. The molecule has 0 saturated heterocycles. The Morgan fingerprint density at radius 2 is 2.09 bits per heavy atom. The van der Waals surface area contributed by atoms with Crippen LogP contribution in [0.1, 0.15) is 18.4 Å². The zero-order valence-corrected chi connectivity index (χ0v) is 13.4. The van der Waals surface area contributed by atoms with E-state index in [-0.39, 0.29) is 0 Å². The number of hydrogen-bond acceptors (Lipinski definition) is 5. The summed E-state index contributed by atoms with van der Waals surface area (Å²) in [6, 6.07) is 12.2. The van der Waals surface area contributed by atoms with Gasteiger partial charge < -0.3 is 4.52 Å². The Labute approximate surface area is 136 Å². The first-order valence-electron chi connectivity index (χ1n) is 7.68. The van der Waals surface area contributed by atoms with Crippen molar-refractivity contribution in [3.63, 3.8) is 0 Å². The zero-order chi connectivity index (χ0) is 16.1. The largest absolute Gasteiger partial charge is 0.359 e. The minimum absolute atomic E-state index is 0.358. The summed E-state index contributed by atoms with van der Waals surface area (Å²) in [7, 11) is 2.08. The molecule has 0 fully saturated rings. The molecule has 3 heterocycles. The van der Waals surface area contributed by atoms with E-state index in [9.17, 15) is 0 Å². The maximum atomic E-state index is 5.46. The fourth-order valence-electron chi connectivity index (χ4n) is 2.42. The van der Waals surface area contributed by atoms with Crippen LogP contribution in [0.5, 0.6) is 0 Å². The van der Waals surface area contributed by atoms with Crippen LogP contribution in [0.3, 0.4) is 0 Å². The van der Waals surface area contributed by atoms with Gasteiger partial charge in [-0.15, -0.1) is 0 Å². The molecule has 0 aromatic carbocycles. The van der Waals surface area contributed by atoms with Gasteiger partial charge in [0.2, 0.25) is 0 Å². The summed E-state index contributed by atoms with van der Waals surface area (Å²) in [6.45, 7) is 2.90. The van der Waals surface area contributed by atoms with E-state index in [1.165, 1.54) is 0 Å². The molecule has 0 saturated carbocycles. The molecule has 0 aliphatic rings. The summed E-state index contributed by atoms with van der Waals surface area (Å²) in [5, 5.41) is 4.13. The first-order valence-corrected chi connectivity index (χ1v) is 7.68. The Hall–Kier alpha value is -2.53. The second kappa shape index (κ2) is 7.15. The van der Waals surface area contributed by atoms with Crippen molar-refractivity contribution < 1.29 is 4.52 Å². The zero-order valence-electron chi connectivity index (χ0n) is 13.4. The van der Waals surface area contributed by atoms with Gasteiger partial charge >= 0.3 is 0 Å². The number of likely N-dealkylation sites (N-methyl/N-ethyl adjacent to an activating group) is 1. The second-order valence-electron chi connectivity index (χ2n) is 5.71. The van der Waals surface area contributed by atoms with Crippen molar-refractivity contribution in [2.45, 2.75) is 25.9 Å². The lowest BCUT2D eigenvalue weighted by molar-refractivity contribution is 0.217. The van der Waals surface area contributed by atoms with E-state index >= 15 is 0 Å². The van der Waals surface area contributed by atoms with Crippen molar-refractivity contribution >= 4 is 0 Å². The van der Waals surface area contributed by atoms with Crippen LogP contribution in [-0.2, 0) is 13.0 Å². The molecule has 1 atom stereocenters. The van der Waals surface area contributed by atoms with E-state index in [1.54, 1.807) is 12.4 Å². The van der Waals surface area contributed by atoms with Gasteiger partial charge in [0.25, 0.3) is 0 Å². The smallest absolute Gasteiger partial charge is 0.151 e. The summed E-state index contributed by atoms with van der Waals surface area (Å²) in [5.41, 5.74) is 2.88. The molecule has 5 nitrogen and oxygen atoms in total. The highest BCUT2D eigenvalue weighted by Gasteiger charge is 2.14. The van der Waals surface area contributed by atoms with Crippen molar-refractivity contribution in [2.75, 3.05) is 7.05 Å². The van der Waals surface area contributed by atoms with Crippen LogP contribution in [0, 0.1) is 0 Å². The van der Waals surface area contributed by atoms with E-state index < -0.39 is 0 Å². The quantitative estimate of drug-likeness (QED) is 0.700. The molecule has 3 aromatic rings. The molecule has 118 valence electrons. The van der Waals surface area contributed by atoms with Gasteiger partial charge in [0.1, 0.15) is 5.69 Å². The van der Waals surface area contributed by atoms with Gasteiger partial charge in [-0.05, 0) is 38.2 Å². The predicted octanol–water partition coefficient (Wildman–Crippen LogP) is 3.19. The fraction of sp³-hybridized carbons (Fsp3) is 0.278. The topological polar surface area (TPSA) is 55.1 Å². The number of aromatic nitrogens is 3. The van der Waals surface area contributed by atoms with Crippen molar-refractivity contribution in [3.05, 3.63) is 66.4 Å². The standard InChI is InChI=1S/C18H20N4O/c1-14(10-16-7-3-4-9-20-16)22(2)13-17-11-18(21-23-17)15-6-5-8-19-12-15/h3-9,11-12,14H,10,13H2,1-2H3/t14-/m1/s1. The molecule has 0 amide bonds. The third-order valence-corrected chi connectivity index (χ3v) is 3.90. The molecule has 0 N–H and O–H groups in total. The Balaban J connectivity index is 1.62. The van der Waals surface area contributed by atoms with Gasteiger partial charge in [-0.2, -0.15) is 0 Å². The normalized spacial score (nSPS) is 12.5. The average molecular weight is 308 g/mol. The average Bonchev–Trinajstić information content (AvgIpc) is 3.05. The highest BCUT2D eigenvalue weighted by molar-refractivity contribution is 5.57. The van der Waals surface area contributed by atoms with E-state index in [4.69, 9.17) is 4.52 Å². The van der Waals surface area contributed by atoms with Crippen LogP contribution in [0.2, 0.25) is 0 Å². The van der Waals surface area contributed by atoms with Crippen LogP contribution in [0.4, 0.5) is 0 Å². The fourth-order valence-corrected chi connectivity index (χ4v) is 2.42. The summed E-state index contributed by atoms with van der Waals surface area (Å²) < 4.78 is 5.46. The van der Waals surface area contributed by atoms with Crippen LogP contribution >= 0.6 is 0 Å². The van der Waals surface area contributed by atoms with Gasteiger partial charge in [0.05, 0.1) is 6.54 Å². The highest BCUT2D eigenvalue weighted by Crippen LogP contribution is 2.19. The minimum atomic E-state index is 0.358. The van der Waals surface area contributed by atoms with Gasteiger partial charge in [0, 0.05) is 48.4 Å². The van der Waals surface area contributed by atoms with Crippen molar-refractivity contribution in [2.24, 2.45) is 0 Å². The van der Waals surface area contributed by atoms with Crippen LogP contribution in [0.15, 0.2) is 59.5 Å². The molecule has 0 aliphatic carbocycles. The summed E-state index contributed by atoms with van der Waals surface area (Å²) >= 11 is 0. The lowest BCUT2D eigenvalue weighted by Gasteiger charge is -2.23. The first kappa shape index (κ1) is 15.4. The summed E-state index contributed by atoms with van der Waals surface area (Å²) in [6.07, 6.45) is 6.27. The Morgan fingerprint density at radius 1 is 1.17 bits per heavy atom. The molecule has 5 heteroatoms. The molecule has 0 radical (unpaired) electrons.